The number of benzene rings is 3. The Balaban J connectivity index is 0.000000177. The van der Waals surface area contributed by atoms with Gasteiger partial charge in [-0.15, -0.1) is 59.2 Å². The van der Waals surface area contributed by atoms with Crippen molar-refractivity contribution in [3.8, 4) is 33.8 Å². The van der Waals surface area contributed by atoms with Gasteiger partial charge in [0.1, 0.15) is 5.69 Å². The molecule has 35 heavy (non-hydrogen) atoms. The molecule has 0 aliphatic carbocycles. The summed E-state index contributed by atoms with van der Waals surface area (Å²) in [5, 5.41) is 0. The Labute approximate surface area is 219 Å². The predicted octanol–water partition coefficient (Wildman–Crippen LogP) is 6.98. The van der Waals surface area contributed by atoms with E-state index in [0.29, 0.717) is 5.69 Å². The van der Waals surface area contributed by atoms with E-state index < -0.39 is 0 Å². The first-order chi connectivity index (χ1) is 16.7. The number of pyridine rings is 1. The Kier molecular flexibility index (Phi) is 7.67. The number of rotatable bonds is 2. The van der Waals surface area contributed by atoms with Crippen molar-refractivity contribution in [2.24, 2.45) is 0 Å². The van der Waals surface area contributed by atoms with Crippen LogP contribution in [0.5, 0.6) is 0 Å². The zero-order chi connectivity index (χ0) is 23.3. The van der Waals surface area contributed by atoms with Crippen molar-refractivity contribution in [1.29, 1.82) is 0 Å². The number of fused-ring (bicyclic) bond motifs is 3. The molecule has 5 heteroatoms. The summed E-state index contributed by atoms with van der Waals surface area (Å²) in [4.78, 5) is 12.3. The third-order valence-corrected chi connectivity index (χ3v) is 5.89. The zero-order valence-corrected chi connectivity index (χ0v) is 21.6. The van der Waals surface area contributed by atoms with Crippen molar-refractivity contribution in [2.45, 2.75) is 19.9 Å². The molecule has 3 heterocycles. The predicted molar refractivity (Wildman–Crippen MR) is 135 cm³/mol. The van der Waals surface area contributed by atoms with E-state index in [2.05, 4.69) is 56.6 Å². The number of imidazole rings is 1. The maximum absolute atomic E-state index is 7.15. The maximum atomic E-state index is 7.15. The molecule has 0 bridgehead atoms. The van der Waals surface area contributed by atoms with E-state index in [-0.39, 0.29) is 20.1 Å². The van der Waals surface area contributed by atoms with E-state index in [9.17, 15) is 0 Å². The second kappa shape index (κ2) is 11.1. The molecule has 1 aliphatic rings. The minimum atomic E-state index is 0. The first-order valence-electron chi connectivity index (χ1n) is 11.2. The third-order valence-electron chi connectivity index (χ3n) is 5.89. The molecule has 0 fully saturated rings. The number of aryl methyl sites for hydroxylation is 3. The van der Waals surface area contributed by atoms with E-state index >= 15 is 0 Å². The molecule has 1 aliphatic heterocycles. The van der Waals surface area contributed by atoms with Crippen molar-refractivity contribution in [1.82, 2.24) is 14.5 Å². The zero-order valence-electron chi connectivity index (χ0n) is 19.2. The quantitative estimate of drug-likeness (QED) is 0.198. The smallest absolute Gasteiger partial charge is 0.108 e. The Morgan fingerprint density at radius 2 is 1.80 bits per heavy atom. The Morgan fingerprint density at radius 3 is 2.63 bits per heavy atom. The summed E-state index contributed by atoms with van der Waals surface area (Å²) < 4.78 is 2.18. The molecular weight excluding hydrogens is 609 g/mol. The second-order valence-electron chi connectivity index (χ2n) is 8.05. The van der Waals surface area contributed by atoms with Gasteiger partial charge in [0, 0.05) is 45.2 Å². The average molecular weight is 631 g/mol. The van der Waals surface area contributed by atoms with Gasteiger partial charge in [-0.1, -0.05) is 30.3 Å². The van der Waals surface area contributed by atoms with Gasteiger partial charge in [-0.25, -0.2) is 0 Å². The molecule has 5 aromatic rings. The number of aromatic nitrogens is 3. The van der Waals surface area contributed by atoms with Crippen LogP contribution < -0.4 is 0 Å². The van der Waals surface area contributed by atoms with Crippen LogP contribution in [-0.4, -0.2) is 14.5 Å². The van der Waals surface area contributed by atoms with E-state index in [0.717, 1.165) is 46.7 Å². The normalized spacial score (nSPS) is 11.1. The summed E-state index contributed by atoms with van der Waals surface area (Å²) in [6, 6.07) is 30.1. The van der Waals surface area contributed by atoms with Gasteiger partial charge < -0.3 is 9.55 Å². The molecular formula is C30H22IrN4-2. The molecule has 173 valence electrons. The van der Waals surface area contributed by atoms with Crippen LogP contribution in [-0.2, 0) is 33.1 Å². The van der Waals surface area contributed by atoms with Crippen molar-refractivity contribution >= 4 is 5.69 Å². The van der Waals surface area contributed by atoms with Gasteiger partial charge in [0.25, 0.3) is 0 Å². The van der Waals surface area contributed by atoms with Crippen molar-refractivity contribution in [3.63, 3.8) is 0 Å². The fraction of sp³-hybridized carbons (Fsp3) is 0.100. The van der Waals surface area contributed by atoms with E-state index in [1.165, 1.54) is 11.1 Å². The monoisotopic (exact) mass is 631 g/mol. The van der Waals surface area contributed by atoms with Crippen LogP contribution in [0.3, 0.4) is 0 Å². The summed E-state index contributed by atoms with van der Waals surface area (Å²) in [6.45, 7) is 10.3. The van der Waals surface area contributed by atoms with Crippen molar-refractivity contribution < 1.29 is 20.1 Å². The van der Waals surface area contributed by atoms with Gasteiger partial charge in [0.2, 0.25) is 0 Å². The number of hydrogen-bond donors (Lipinski definition) is 0. The van der Waals surface area contributed by atoms with Crippen LogP contribution in [0.15, 0.2) is 91.4 Å². The SMILES string of the molecule is [C-]#[N+]c1cc[c-]c(-c2nccc(C)c2-c2ccccc2)c1.[Ir].[c-]1cccc2c1-c1nccn1CC2. The van der Waals surface area contributed by atoms with Crippen molar-refractivity contribution in [2.75, 3.05) is 0 Å². The first-order valence-corrected chi connectivity index (χ1v) is 11.2. The fourth-order valence-electron chi connectivity index (χ4n) is 4.24. The summed E-state index contributed by atoms with van der Waals surface area (Å²) in [7, 11) is 0. The van der Waals surface area contributed by atoms with E-state index in [1.807, 2.05) is 54.9 Å². The molecule has 3 aromatic carbocycles. The van der Waals surface area contributed by atoms with Gasteiger partial charge in [0.15, 0.2) is 0 Å². The van der Waals surface area contributed by atoms with E-state index in [1.54, 1.807) is 18.3 Å². The Bertz CT molecular complexity index is 1480. The summed E-state index contributed by atoms with van der Waals surface area (Å²) in [5.74, 6) is 1.06. The van der Waals surface area contributed by atoms with Gasteiger partial charge >= 0.3 is 0 Å². The first kappa shape index (κ1) is 24.3. The summed E-state index contributed by atoms with van der Waals surface area (Å²) in [5.41, 5.74) is 8.23. The average Bonchev–Trinajstić information content (AvgIpc) is 3.39. The molecule has 0 saturated carbocycles. The topological polar surface area (TPSA) is 35.1 Å². The molecule has 2 aromatic heterocycles. The summed E-state index contributed by atoms with van der Waals surface area (Å²) >= 11 is 0. The second-order valence-corrected chi connectivity index (χ2v) is 8.05. The van der Waals surface area contributed by atoms with Crippen LogP contribution in [0.25, 0.3) is 38.6 Å². The molecule has 0 amide bonds. The minimum absolute atomic E-state index is 0. The van der Waals surface area contributed by atoms with Crippen LogP contribution in [0, 0.1) is 25.6 Å². The number of nitrogens with zero attached hydrogens (tertiary/aromatic N) is 4. The molecule has 6 rings (SSSR count). The van der Waals surface area contributed by atoms with Crippen molar-refractivity contribution in [3.05, 3.63) is 126 Å². The molecule has 0 unspecified atom stereocenters. The molecule has 0 atom stereocenters. The molecule has 0 saturated heterocycles. The number of hydrogen-bond acceptors (Lipinski definition) is 2. The molecule has 0 spiro atoms. The maximum Gasteiger partial charge on any atom is 0.108 e. The third kappa shape index (κ3) is 5.15. The Morgan fingerprint density at radius 1 is 0.943 bits per heavy atom. The van der Waals surface area contributed by atoms with E-state index in [4.69, 9.17) is 6.57 Å². The van der Waals surface area contributed by atoms with Crippen LogP contribution >= 0.6 is 0 Å². The molecule has 1 radical (unpaired) electrons. The van der Waals surface area contributed by atoms with Gasteiger partial charge in [0.05, 0.1) is 12.4 Å². The minimum Gasteiger partial charge on any atom is -0.371 e. The van der Waals surface area contributed by atoms with Gasteiger partial charge in [-0.05, 0) is 41.8 Å². The largest absolute Gasteiger partial charge is 0.371 e. The van der Waals surface area contributed by atoms with Crippen LogP contribution in [0.4, 0.5) is 5.69 Å². The van der Waals surface area contributed by atoms with Gasteiger partial charge in [-0.2, -0.15) is 6.07 Å². The standard InChI is InChI=1S/C19H13N2.C11H9N2.Ir/c1-14-11-12-21-19(16-9-6-10-17(13-16)20-2)18(14)15-7-4-3-5-8-15;1-2-4-10-9(3-1)5-7-13-8-6-12-11(10)13;/h3-8,10-13H,1H3;1-3,6,8H,5,7H2;/q2*-1;. The van der Waals surface area contributed by atoms with Crippen LogP contribution in [0.2, 0.25) is 0 Å². The molecule has 0 N–H and O–H groups in total. The molecule has 4 nitrogen and oxygen atoms in total. The fourth-order valence-corrected chi connectivity index (χ4v) is 4.24. The van der Waals surface area contributed by atoms with Crippen LogP contribution in [0.1, 0.15) is 11.1 Å². The van der Waals surface area contributed by atoms with Gasteiger partial charge in [-0.3, -0.25) is 9.83 Å². The Hall–Kier alpha value is -3.84. The summed E-state index contributed by atoms with van der Waals surface area (Å²) in [6.07, 6.45) is 6.77.